The van der Waals surface area contributed by atoms with Crippen LogP contribution in [-0.4, -0.2) is 18.9 Å². The van der Waals surface area contributed by atoms with Crippen LogP contribution in [0.4, 0.5) is 0 Å². The van der Waals surface area contributed by atoms with Crippen molar-refractivity contribution in [3.05, 3.63) is 71.3 Å². The summed E-state index contributed by atoms with van der Waals surface area (Å²) in [6, 6.07) is 16.8. The molecular weight excluding hydrogens is 288 g/mol. The molecule has 0 saturated carbocycles. The fourth-order valence-corrected chi connectivity index (χ4v) is 2.66. The zero-order chi connectivity index (χ0) is 16.9. The van der Waals surface area contributed by atoms with Crippen LogP contribution in [0.15, 0.2) is 54.6 Å². The first-order valence-electron chi connectivity index (χ1n) is 7.67. The number of hydrogen-bond acceptors (Lipinski definition) is 3. The zero-order valence-electron chi connectivity index (χ0n) is 13.8. The van der Waals surface area contributed by atoms with Crippen molar-refractivity contribution in [2.45, 2.75) is 26.7 Å². The molecule has 0 saturated heterocycles. The van der Waals surface area contributed by atoms with Gasteiger partial charge in [-0.05, 0) is 29.5 Å². The molecule has 2 aromatic carbocycles. The normalized spacial score (nSPS) is 11.1. The van der Waals surface area contributed by atoms with E-state index in [0.717, 1.165) is 6.42 Å². The number of methoxy groups -OCH3 is 1. The largest absolute Gasteiger partial charge is 0.465 e. The lowest BCUT2D eigenvalue weighted by Gasteiger charge is -2.24. The number of carbonyl (C=O) groups excluding carboxylic acids is 2. The Balaban J connectivity index is 2.04. The van der Waals surface area contributed by atoms with Crippen LogP contribution in [0.1, 0.15) is 46.5 Å². The monoisotopic (exact) mass is 310 g/mol. The van der Waals surface area contributed by atoms with Crippen LogP contribution in [0.25, 0.3) is 0 Å². The van der Waals surface area contributed by atoms with Gasteiger partial charge in [-0.25, -0.2) is 4.79 Å². The highest BCUT2D eigenvalue weighted by atomic mass is 16.5. The van der Waals surface area contributed by atoms with E-state index >= 15 is 0 Å². The van der Waals surface area contributed by atoms with E-state index in [-0.39, 0.29) is 11.2 Å². The molecule has 3 heteroatoms. The quantitative estimate of drug-likeness (QED) is 0.589. The summed E-state index contributed by atoms with van der Waals surface area (Å²) in [5, 5.41) is 0. The van der Waals surface area contributed by atoms with Gasteiger partial charge in [-0.15, -0.1) is 0 Å². The third-order valence-electron chi connectivity index (χ3n) is 3.79. The van der Waals surface area contributed by atoms with Gasteiger partial charge < -0.3 is 4.74 Å². The lowest BCUT2D eigenvalue weighted by atomic mass is 9.80. The van der Waals surface area contributed by atoms with Gasteiger partial charge in [-0.1, -0.05) is 56.3 Å². The summed E-state index contributed by atoms with van der Waals surface area (Å²) >= 11 is 0. The molecule has 0 aliphatic heterocycles. The fourth-order valence-electron chi connectivity index (χ4n) is 2.66. The zero-order valence-corrected chi connectivity index (χ0v) is 13.8. The first-order chi connectivity index (χ1) is 10.9. The number of rotatable bonds is 6. The van der Waals surface area contributed by atoms with Crippen LogP contribution in [0.3, 0.4) is 0 Å². The third-order valence-corrected chi connectivity index (χ3v) is 3.79. The standard InChI is InChI=1S/C20H22O3/c1-20(2,13-15-7-5-4-6-8-15)14-18(21)16-9-11-17(12-10-16)19(22)23-3/h4-12H,13-14H2,1-3H3. The number of esters is 1. The summed E-state index contributed by atoms with van der Waals surface area (Å²) in [5.41, 5.74) is 2.18. The maximum absolute atomic E-state index is 12.5. The molecule has 0 N–H and O–H groups in total. The summed E-state index contributed by atoms with van der Waals surface area (Å²) in [7, 11) is 1.34. The van der Waals surface area contributed by atoms with E-state index < -0.39 is 5.97 Å². The number of ether oxygens (including phenoxy) is 1. The Morgan fingerprint density at radius 2 is 1.48 bits per heavy atom. The van der Waals surface area contributed by atoms with E-state index in [1.165, 1.54) is 12.7 Å². The Labute approximate surface area is 137 Å². The van der Waals surface area contributed by atoms with Gasteiger partial charge >= 0.3 is 5.97 Å². The van der Waals surface area contributed by atoms with Crippen molar-refractivity contribution in [2.75, 3.05) is 7.11 Å². The van der Waals surface area contributed by atoms with Crippen molar-refractivity contribution < 1.29 is 14.3 Å². The van der Waals surface area contributed by atoms with Gasteiger partial charge in [0.2, 0.25) is 0 Å². The van der Waals surface area contributed by atoms with E-state index in [2.05, 4.69) is 30.7 Å². The van der Waals surface area contributed by atoms with Gasteiger partial charge in [0, 0.05) is 12.0 Å². The Hall–Kier alpha value is -2.42. The van der Waals surface area contributed by atoms with Crippen LogP contribution in [0.5, 0.6) is 0 Å². The second-order valence-corrected chi connectivity index (χ2v) is 6.50. The van der Waals surface area contributed by atoms with E-state index in [4.69, 9.17) is 0 Å². The van der Waals surface area contributed by atoms with Crippen LogP contribution in [-0.2, 0) is 11.2 Å². The molecule has 0 amide bonds. The Kier molecular flexibility index (Phi) is 5.32. The van der Waals surface area contributed by atoms with Gasteiger partial charge in [-0.2, -0.15) is 0 Å². The van der Waals surface area contributed by atoms with Gasteiger partial charge in [0.05, 0.1) is 12.7 Å². The molecule has 0 aromatic heterocycles. The maximum Gasteiger partial charge on any atom is 0.337 e. The van der Waals surface area contributed by atoms with E-state index in [9.17, 15) is 9.59 Å². The van der Waals surface area contributed by atoms with Crippen LogP contribution in [0, 0.1) is 5.41 Å². The van der Waals surface area contributed by atoms with Crippen LogP contribution >= 0.6 is 0 Å². The summed E-state index contributed by atoms with van der Waals surface area (Å²) in [6.45, 7) is 4.20. The molecule has 2 aromatic rings. The molecule has 0 radical (unpaired) electrons. The Morgan fingerprint density at radius 1 is 0.913 bits per heavy atom. The minimum absolute atomic E-state index is 0.0855. The maximum atomic E-state index is 12.5. The lowest BCUT2D eigenvalue weighted by molar-refractivity contribution is 0.0600. The summed E-state index contributed by atoms with van der Waals surface area (Å²) in [5.74, 6) is -0.309. The molecule has 120 valence electrons. The first kappa shape index (κ1) is 16.9. The predicted octanol–water partition coefficient (Wildman–Crippen LogP) is 4.31. The number of carbonyl (C=O) groups is 2. The molecule has 0 aliphatic rings. The number of Topliss-reactive ketones (excluding diaryl/α,β-unsaturated/α-hetero) is 1. The third kappa shape index (κ3) is 4.78. The minimum Gasteiger partial charge on any atom is -0.465 e. The molecule has 0 heterocycles. The minimum atomic E-state index is -0.395. The molecule has 0 unspecified atom stereocenters. The second-order valence-electron chi connectivity index (χ2n) is 6.50. The number of ketones is 1. The van der Waals surface area contributed by atoms with Gasteiger partial charge in [-0.3, -0.25) is 4.79 Å². The van der Waals surface area contributed by atoms with Gasteiger partial charge in [0.1, 0.15) is 0 Å². The molecule has 2 rings (SSSR count). The Morgan fingerprint density at radius 3 is 2.04 bits per heavy atom. The highest BCUT2D eigenvalue weighted by molar-refractivity contribution is 5.97. The Bertz CT molecular complexity index is 670. The number of hydrogen-bond donors (Lipinski definition) is 0. The van der Waals surface area contributed by atoms with Crippen molar-refractivity contribution in [3.63, 3.8) is 0 Å². The van der Waals surface area contributed by atoms with E-state index in [1.54, 1.807) is 24.3 Å². The summed E-state index contributed by atoms with van der Waals surface area (Å²) in [6.07, 6.45) is 1.30. The summed E-state index contributed by atoms with van der Waals surface area (Å²) in [4.78, 5) is 23.9. The van der Waals surface area contributed by atoms with Crippen LogP contribution in [0.2, 0.25) is 0 Å². The fraction of sp³-hybridized carbons (Fsp3) is 0.300. The SMILES string of the molecule is COC(=O)c1ccc(C(=O)CC(C)(C)Cc2ccccc2)cc1. The van der Waals surface area contributed by atoms with Gasteiger partial charge in [0.25, 0.3) is 0 Å². The summed E-state index contributed by atoms with van der Waals surface area (Å²) < 4.78 is 4.66. The molecule has 0 fully saturated rings. The first-order valence-corrected chi connectivity index (χ1v) is 7.67. The molecule has 3 nitrogen and oxygen atoms in total. The highest BCUT2D eigenvalue weighted by Gasteiger charge is 2.23. The van der Waals surface area contributed by atoms with Crippen molar-refractivity contribution in [1.82, 2.24) is 0 Å². The van der Waals surface area contributed by atoms with Gasteiger partial charge in [0.15, 0.2) is 5.78 Å². The smallest absolute Gasteiger partial charge is 0.337 e. The second kappa shape index (κ2) is 7.23. The van der Waals surface area contributed by atoms with Crippen molar-refractivity contribution in [1.29, 1.82) is 0 Å². The average Bonchev–Trinajstić information content (AvgIpc) is 2.54. The van der Waals surface area contributed by atoms with Crippen molar-refractivity contribution in [2.24, 2.45) is 5.41 Å². The van der Waals surface area contributed by atoms with Crippen molar-refractivity contribution in [3.8, 4) is 0 Å². The number of benzene rings is 2. The topological polar surface area (TPSA) is 43.4 Å². The van der Waals surface area contributed by atoms with Crippen molar-refractivity contribution >= 4 is 11.8 Å². The molecule has 0 bridgehead atoms. The van der Waals surface area contributed by atoms with E-state index in [0.29, 0.717) is 17.5 Å². The van der Waals surface area contributed by atoms with Crippen LogP contribution < -0.4 is 0 Å². The lowest BCUT2D eigenvalue weighted by Crippen LogP contribution is -2.20. The average molecular weight is 310 g/mol. The van der Waals surface area contributed by atoms with E-state index in [1.807, 2.05) is 18.2 Å². The predicted molar refractivity (Wildman–Crippen MR) is 90.7 cm³/mol. The molecule has 0 aliphatic carbocycles. The molecule has 0 atom stereocenters. The highest BCUT2D eigenvalue weighted by Crippen LogP contribution is 2.27. The molecule has 0 spiro atoms. The molecular formula is C20H22O3. The molecule has 23 heavy (non-hydrogen) atoms.